The Bertz CT molecular complexity index is 1330. The minimum absolute atomic E-state index is 0.108. The molecule has 5 N–H and O–H groups in total. The van der Waals surface area contributed by atoms with Crippen molar-refractivity contribution in [2.75, 3.05) is 21.2 Å². The molecule has 0 aliphatic rings. The SMILES string of the molecule is CNC(=O)C[C@H](C(=O)N[C@H](Cc1c[nH]c2ccccc12)C(=O)N[C@H](C)C(=O)NC)C(S)Cc1ccc(OC)cc1. The third kappa shape index (κ3) is 8.01. The van der Waals surface area contributed by atoms with Crippen molar-refractivity contribution >= 4 is 47.2 Å². The smallest absolute Gasteiger partial charge is 0.243 e. The lowest BCUT2D eigenvalue weighted by Gasteiger charge is -2.26. The van der Waals surface area contributed by atoms with Gasteiger partial charge < -0.3 is 31.0 Å². The van der Waals surface area contributed by atoms with Crippen LogP contribution < -0.4 is 26.0 Å². The van der Waals surface area contributed by atoms with E-state index < -0.39 is 35.1 Å². The van der Waals surface area contributed by atoms with Crippen molar-refractivity contribution < 1.29 is 23.9 Å². The number of benzene rings is 2. The summed E-state index contributed by atoms with van der Waals surface area (Å²) in [6.45, 7) is 1.56. The Labute approximate surface area is 239 Å². The summed E-state index contributed by atoms with van der Waals surface area (Å²) in [6.07, 6.45) is 2.27. The average molecular weight is 568 g/mol. The lowest BCUT2D eigenvalue weighted by atomic mass is 9.93. The number of thiol groups is 1. The molecule has 0 fully saturated rings. The minimum Gasteiger partial charge on any atom is -0.497 e. The summed E-state index contributed by atoms with van der Waals surface area (Å²) < 4.78 is 5.21. The number of ether oxygens (including phenoxy) is 1. The number of hydrogen-bond donors (Lipinski definition) is 6. The molecule has 0 aliphatic carbocycles. The van der Waals surface area contributed by atoms with E-state index in [0.717, 1.165) is 22.0 Å². The number of carbonyl (C=O) groups is 4. The van der Waals surface area contributed by atoms with Crippen LogP contribution in [0, 0.1) is 5.92 Å². The standard InChI is InChI=1S/C29H37N5O5S/c1-17(27(36)31-3)33-29(38)24(14-19-16-32-23-8-6-5-7-21(19)23)34-28(37)22(15-26(35)30-2)25(40)13-18-9-11-20(39-4)12-10-18/h5-12,16-17,22,24-25,32,40H,13-15H2,1-4H3,(H,30,35)(H,31,36)(H,33,38)(H,34,37)/t17-,22+,24-,25?/m1/s1. The largest absolute Gasteiger partial charge is 0.497 e. The van der Waals surface area contributed by atoms with Crippen LogP contribution in [0.5, 0.6) is 5.75 Å². The first-order chi connectivity index (χ1) is 19.2. The fourth-order valence-electron chi connectivity index (χ4n) is 4.46. The Morgan fingerprint density at radius 2 is 1.60 bits per heavy atom. The van der Waals surface area contributed by atoms with Gasteiger partial charge in [-0.25, -0.2) is 0 Å². The van der Waals surface area contributed by atoms with E-state index in [9.17, 15) is 19.2 Å². The highest BCUT2D eigenvalue weighted by Crippen LogP contribution is 2.23. The highest BCUT2D eigenvalue weighted by Gasteiger charge is 2.32. The third-order valence-corrected chi connectivity index (χ3v) is 7.36. The maximum atomic E-state index is 13.7. The maximum absolute atomic E-state index is 13.7. The average Bonchev–Trinajstić information content (AvgIpc) is 3.37. The molecule has 10 nitrogen and oxygen atoms in total. The number of likely N-dealkylation sites (N-methyl/N-ethyl adjacent to an activating group) is 1. The fraction of sp³-hybridized carbons (Fsp3) is 0.379. The Morgan fingerprint density at radius 1 is 0.900 bits per heavy atom. The van der Waals surface area contributed by atoms with Crippen LogP contribution in [0.1, 0.15) is 24.5 Å². The zero-order chi connectivity index (χ0) is 29.2. The number of hydrogen-bond acceptors (Lipinski definition) is 6. The van der Waals surface area contributed by atoms with Crippen LogP contribution in [0.3, 0.4) is 0 Å². The van der Waals surface area contributed by atoms with E-state index in [-0.39, 0.29) is 24.7 Å². The summed E-state index contributed by atoms with van der Waals surface area (Å²) in [5, 5.41) is 11.0. The summed E-state index contributed by atoms with van der Waals surface area (Å²) in [5.41, 5.74) is 2.64. The Kier molecular flexibility index (Phi) is 11.0. The van der Waals surface area contributed by atoms with Gasteiger partial charge in [-0.05, 0) is 42.7 Å². The summed E-state index contributed by atoms with van der Waals surface area (Å²) in [5.74, 6) is -1.81. The van der Waals surface area contributed by atoms with Crippen LogP contribution in [0.4, 0.5) is 0 Å². The van der Waals surface area contributed by atoms with E-state index in [0.29, 0.717) is 12.2 Å². The summed E-state index contributed by atoms with van der Waals surface area (Å²) in [6, 6.07) is 13.2. The highest BCUT2D eigenvalue weighted by atomic mass is 32.1. The van der Waals surface area contributed by atoms with Crippen molar-refractivity contribution in [3.8, 4) is 5.75 Å². The first-order valence-electron chi connectivity index (χ1n) is 13.1. The van der Waals surface area contributed by atoms with Gasteiger partial charge in [0.1, 0.15) is 17.8 Å². The molecule has 4 amide bonds. The van der Waals surface area contributed by atoms with Gasteiger partial charge in [0.25, 0.3) is 0 Å². The van der Waals surface area contributed by atoms with Gasteiger partial charge in [-0.3, -0.25) is 19.2 Å². The third-order valence-electron chi connectivity index (χ3n) is 6.82. The van der Waals surface area contributed by atoms with Gasteiger partial charge in [0.15, 0.2) is 0 Å². The highest BCUT2D eigenvalue weighted by molar-refractivity contribution is 7.81. The zero-order valence-electron chi connectivity index (χ0n) is 23.1. The first-order valence-corrected chi connectivity index (χ1v) is 13.6. The van der Waals surface area contributed by atoms with Gasteiger partial charge in [0.2, 0.25) is 23.6 Å². The summed E-state index contributed by atoms with van der Waals surface area (Å²) in [4.78, 5) is 54.7. The molecule has 0 aliphatic heterocycles. The number of rotatable bonds is 13. The molecule has 1 unspecified atom stereocenters. The molecule has 3 aromatic rings. The van der Waals surface area contributed by atoms with Crippen molar-refractivity contribution in [2.45, 2.75) is 43.5 Å². The Hall–Kier alpha value is -3.99. The van der Waals surface area contributed by atoms with Gasteiger partial charge in [0.05, 0.1) is 13.0 Å². The van der Waals surface area contributed by atoms with E-state index in [4.69, 9.17) is 17.4 Å². The zero-order valence-corrected chi connectivity index (χ0v) is 24.0. The monoisotopic (exact) mass is 567 g/mol. The van der Waals surface area contributed by atoms with E-state index >= 15 is 0 Å². The molecular formula is C29H37N5O5S. The number of carbonyl (C=O) groups excluding carboxylic acids is 4. The molecule has 4 atom stereocenters. The number of para-hydroxylation sites is 1. The van der Waals surface area contributed by atoms with Crippen molar-refractivity contribution in [1.29, 1.82) is 0 Å². The predicted molar refractivity (Wildman–Crippen MR) is 157 cm³/mol. The molecule has 0 saturated carbocycles. The molecular weight excluding hydrogens is 530 g/mol. The molecule has 3 rings (SSSR count). The van der Waals surface area contributed by atoms with Gasteiger partial charge in [0, 0.05) is 49.3 Å². The molecule has 0 saturated heterocycles. The van der Waals surface area contributed by atoms with E-state index in [1.54, 1.807) is 20.2 Å². The van der Waals surface area contributed by atoms with Crippen LogP contribution in [-0.4, -0.2) is 67.2 Å². The van der Waals surface area contributed by atoms with Gasteiger partial charge in [-0.1, -0.05) is 30.3 Å². The Morgan fingerprint density at radius 3 is 2.25 bits per heavy atom. The summed E-state index contributed by atoms with van der Waals surface area (Å²) in [7, 11) is 4.56. The normalized spacial score (nSPS) is 13.9. The topological polar surface area (TPSA) is 141 Å². The molecule has 1 aromatic heterocycles. The maximum Gasteiger partial charge on any atom is 0.243 e. The minimum atomic E-state index is -1.01. The van der Waals surface area contributed by atoms with Crippen LogP contribution in [0.2, 0.25) is 0 Å². The lowest BCUT2D eigenvalue weighted by molar-refractivity contribution is -0.134. The molecule has 214 valence electrons. The van der Waals surface area contributed by atoms with Crippen molar-refractivity contribution in [1.82, 2.24) is 26.3 Å². The number of nitrogens with one attached hydrogen (secondary N) is 5. The van der Waals surface area contributed by atoms with Crippen LogP contribution in [-0.2, 0) is 32.0 Å². The quantitative estimate of drug-likeness (QED) is 0.175. The lowest BCUT2D eigenvalue weighted by Crippen LogP contribution is -2.54. The number of aromatic nitrogens is 1. The van der Waals surface area contributed by atoms with Crippen LogP contribution in [0.15, 0.2) is 54.7 Å². The number of H-pyrrole nitrogens is 1. The van der Waals surface area contributed by atoms with E-state index in [1.165, 1.54) is 14.1 Å². The van der Waals surface area contributed by atoms with Crippen LogP contribution in [0.25, 0.3) is 10.9 Å². The van der Waals surface area contributed by atoms with Gasteiger partial charge in [-0.15, -0.1) is 0 Å². The molecule has 2 aromatic carbocycles. The molecule has 0 radical (unpaired) electrons. The second-order valence-electron chi connectivity index (χ2n) is 9.57. The van der Waals surface area contributed by atoms with E-state index in [2.05, 4.69) is 26.3 Å². The molecule has 0 bridgehead atoms. The van der Waals surface area contributed by atoms with Crippen molar-refractivity contribution in [2.24, 2.45) is 5.92 Å². The first kappa shape index (κ1) is 30.6. The predicted octanol–water partition coefficient (Wildman–Crippen LogP) is 1.75. The van der Waals surface area contributed by atoms with E-state index in [1.807, 2.05) is 48.5 Å². The van der Waals surface area contributed by atoms with Gasteiger partial charge >= 0.3 is 0 Å². The number of amides is 4. The molecule has 11 heteroatoms. The molecule has 1 heterocycles. The Balaban J connectivity index is 1.85. The number of fused-ring (bicyclic) bond motifs is 1. The van der Waals surface area contributed by atoms with Crippen LogP contribution >= 0.6 is 12.6 Å². The van der Waals surface area contributed by atoms with Crippen molar-refractivity contribution in [3.63, 3.8) is 0 Å². The van der Waals surface area contributed by atoms with Gasteiger partial charge in [-0.2, -0.15) is 12.6 Å². The summed E-state index contributed by atoms with van der Waals surface area (Å²) >= 11 is 4.71. The number of aromatic amines is 1. The molecule has 40 heavy (non-hydrogen) atoms. The second kappa shape index (κ2) is 14.4. The fourth-order valence-corrected chi connectivity index (χ4v) is 4.91. The second-order valence-corrected chi connectivity index (χ2v) is 10.2. The van der Waals surface area contributed by atoms with Crippen molar-refractivity contribution in [3.05, 3.63) is 65.9 Å². The number of methoxy groups -OCH3 is 1. The molecule has 0 spiro atoms.